The molecule has 10 nitrogen and oxygen atoms in total. The number of benzene rings is 1. The molecule has 5 N–H and O–H groups in total. The predicted molar refractivity (Wildman–Crippen MR) is 133 cm³/mol. The zero-order valence-corrected chi connectivity index (χ0v) is 20.4. The summed E-state index contributed by atoms with van der Waals surface area (Å²) < 4.78 is 8.79. The Bertz CT molecular complexity index is 1370. The van der Waals surface area contributed by atoms with E-state index in [2.05, 4.69) is 11.4 Å². The SMILES string of the molecule is CN(CC#N)SC1(CO/C(N)=c2/c(=C\N)cc(C(=O)NCc3ccc(C#N)cc3)c(=O)n2C)CC1. The summed E-state index contributed by atoms with van der Waals surface area (Å²) in [6, 6.07) is 12.3. The van der Waals surface area contributed by atoms with Gasteiger partial charge in [-0.3, -0.25) is 9.59 Å². The van der Waals surface area contributed by atoms with Crippen LogP contribution >= 0.6 is 11.9 Å². The minimum Gasteiger partial charge on any atom is -0.476 e. The maximum atomic E-state index is 13.0. The third-order valence-corrected chi connectivity index (χ3v) is 6.93. The number of pyridine rings is 1. The first-order valence-corrected chi connectivity index (χ1v) is 11.6. The molecule has 0 unspecified atom stereocenters. The normalized spacial score (nSPS) is 15.2. The van der Waals surface area contributed by atoms with Crippen molar-refractivity contribution in [3.63, 3.8) is 0 Å². The van der Waals surface area contributed by atoms with Crippen LogP contribution in [-0.4, -0.2) is 39.7 Å². The number of hydrogen-bond acceptors (Lipinski definition) is 9. The van der Waals surface area contributed by atoms with Gasteiger partial charge in [0.25, 0.3) is 11.5 Å². The number of aromatic nitrogens is 1. The second-order valence-electron chi connectivity index (χ2n) is 8.26. The molecule has 1 aromatic carbocycles. The molecule has 1 aliphatic rings. The van der Waals surface area contributed by atoms with Gasteiger partial charge in [0.05, 0.1) is 29.0 Å². The Morgan fingerprint density at radius 1 is 1.34 bits per heavy atom. The number of nitrogens with one attached hydrogen (secondary N) is 1. The number of amides is 1. The summed E-state index contributed by atoms with van der Waals surface area (Å²) in [7, 11) is 3.35. The third kappa shape index (κ3) is 6.15. The van der Waals surface area contributed by atoms with Gasteiger partial charge in [-0.1, -0.05) is 24.1 Å². The Kier molecular flexibility index (Phi) is 8.07. The Hall–Kier alpha value is -3.93. The lowest BCUT2D eigenvalue weighted by Crippen LogP contribution is -2.48. The van der Waals surface area contributed by atoms with Crippen LogP contribution in [0.25, 0.3) is 12.1 Å². The average Bonchev–Trinajstić information content (AvgIpc) is 3.62. The molecular formula is C24H27N7O3S. The number of carbonyl (C=O) groups excluding carboxylic acids is 1. The predicted octanol–water partition coefficient (Wildman–Crippen LogP) is -0.439. The topological polar surface area (TPSA) is 163 Å². The molecule has 1 saturated carbocycles. The van der Waals surface area contributed by atoms with Crippen molar-refractivity contribution in [3.05, 3.63) is 67.9 Å². The molecule has 1 aromatic heterocycles. The van der Waals surface area contributed by atoms with E-state index in [4.69, 9.17) is 26.7 Å². The molecule has 11 heteroatoms. The molecule has 1 fully saturated rings. The van der Waals surface area contributed by atoms with E-state index in [-0.39, 0.29) is 28.1 Å². The number of nitrogens with two attached hydrogens (primary N) is 2. The highest BCUT2D eigenvalue weighted by molar-refractivity contribution is 7.98. The monoisotopic (exact) mass is 493 g/mol. The average molecular weight is 494 g/mol. The van der Waals surface area contributed by atoms with Crippen LogP contribution in [0.5, 0.6) is 0 Å². The number of nitrogens with zero attached hydrogens (tertiary/aromatic N) is 4. The lowest BCUT2D eigenvalue weighted by Gasteiger charge is -2.21. The number of hydrogen-bond donors (Lipinski definition) is 3. The molecule has 35 heavy (non-hydrogen) atoms. The van der Waals surface area contributed by atoms with Gasteiger partial charge in [-0.15, -0.1) is 0 Å². The molecule has 1 aliphatic carbocycles. The van der Waals surface area contributed by atoms with E-state index < -0.39 is 11.5 Å². The summed E-state index contributed by atoms with van der Waals surface area (Å²) >= 11 is 1.55. The smallest absolute Gasteiger partial charge is 0.263 e. The van der Waals surface area contributed by atoms with Gasteiger partial charge in [0.15, 0.2) is 0 Å². The zero-order chi connectivity index (χ0) is 25.6. The molecule has 0 saturated heterocycles. The molecule has 3 rings (SSSR count). The highest BCUT2D eigenvalue weighted by atomic mass is 32.2. The Morgan fingerprint density at radius 3 is 2.60 bits per heavy atom. The van der Waals surface area contributed by atoms with Gasteiger partial charge in [0.2, 0.25) is 5.88 Å². The molecule has 1 amide bonds. The molecule has 2 aromatic rings. The summed E-state index contributed by atoms with van der Waals surface area (Å²) in [6.07, 6.45) is 3.12. The zero-order valence-electron chi connectivity index (χ0n) is 19.6. The number of carbonyl (C=O) groups is 1. The van der Waals surface area contributed by atoms with E-state index in [1.807, 2.05) is 17.4 Å². The van der Waals surface area contributed by atoms with Crippen molar-refractivity contribution in [3.8, 4) is 12.1 Å². The van der Waals surface area contributed by atoms with Gasteiger partial charge in [0.1, 0.15) is 17.5 Å². The first-order valence-electron chi connectivity index (χ1n) is 10.8. The van der Waals surface area contributed by atoms with E-state index in [0.717, 1.165) is 18.4 Å². The summed E-state index contributed by atoms with van der Waals surface area (Å²) in [5.41, 5.74) is 12.7. The summed E-state index contributed by atoms with van der Waals surface area (Å²) in [5.74, 6) is -0.529. The van der Waals surface area contributed by atoms with Gasteiger partial charge in [-0.25, -0.2) is 4.31 Å². The number of ether oxygens (including phenoxy) is 1. The van der Waals surface area contributed by atoms with Crippen molar-refractivity contribution in [2.24, 2.45) is 18.5 Å². The van der Waals surface area contributed by atoms with Crippen molar-refractivity contribution in [2.75, 3.05) is 20.2 Å². The summed E-state index contributed by atoms with van der Waals surface area (Å²) in [4.78, 5) is 25.7. The first-order chi connectivity index (χ1) is 16.7. The fourth-order valence-electron chi connectivity index (χ4n) is 3.47. The van der Waals surface area contributed by atoms with Crippen LogP contribution in [0, 0.1) is 22.7 Å². The lowest BCUT2D eigenvalue weighted by atomic mass is 10.1. The van der Waals surface area contributed by atoms with Crippen molar-refractivity contribution < 1.29 is 9.53 Å². The van der Waals surface area contributed by atoms with Gasteiger partial charge in [-0.2, -0.15) is 10.5 Å². The fourth-order valence-corrected chi connectivity index (χ4v) is 4.65. The summed E-state index contributed by atoms with van der Waals surface area (Å²) in [6.45, 7) is 0.792. The van der Waals surface area contributed by atoms with Gasteiger partial charge >= 0.3 is 0 Å². The van der Waals surface area contributed by atoms with Gasteiger partial charge in [0, 0.05) is 25.0 Å². The molecule has 0 atom stereocenters. The molecular weight excluding hydrogens is 466 g/mol. The Labute approximate surface area is 207 Å². The van der Waals surface area contributed by atoms with Crippen molar-refractivity contribution in [1.29, 1.82) is 10.5 Å². The number of rotatable bonds is 9. The highest BCUT2D eigenvalue weighted by Gasteiger charge is 2.46. The molecule has 0 spiro atoms. The van der Waals surface area contributed by atoms with Crippen molar-refractivity contribution in [1.82, 2.24) is 14.2 Å². The van der Waals surface area contributed by atoms with Crippen LogP contribution in [0.1, 0.15) is 34.3 Å². The maximum Gasteiger partial charge on any atom is 0.263 e. The van der Waals surface area contributed by atoms with E-state index in [1.54, 1.807) is 36.2 Å². The lowest BCUT2D eigenvalue weighted by molar-refractivity contribution is 0.0948. The second-order valence-corrected chi connectivity index (χ2v) is 9.93. The van der Waals surface area contributed by atoms with Crippen LogP contribution < -0.4 is 32.9 Å². The van der Waals surface area contributed by atoms with E-state index in [1.165, 1.54) is 23.9 Å². The Balaban J connectivity index is 1.80. The molecule has 0 bridgehead atoms. The second kappa shape index (κ2) is 11.0. The first kappa shape index (κ1) is 25.7. The van der Waals surface area contributed by atoms with Crippen LogP contribution in [0.4, 0.5) is 0 Å². The van der Waals surface area contributed by atoms with Crippen LogP contribution in [0.3, 0.4) is 0 Å². The summed E-state index contributed by atoms with van der Waals surface area (Å²) in [5, 5.41) is 21.1. The third-order valence-electron chi connectivity index (χ3n) is 5.58. The molecule has 182 valence electrons. The fraction of sp³-hybridized carbons (Fsp3) is 0.333. The van der Waals surface area contributed by atoms with Gasteiger partial charge in [-0.05, 0) is 43.7 Å². The van der Waals surface area contributed by atoms with E-state index in [9.17, 15) is 9.59 Å². The molecule has 1 heterocycles. The van der Waals surface area contributed by atoms with Gasteiger partial charge < -0.3 is 26.1 Å². The maximum absolute atomic E-state index is 13.0. The van der Waals surface area contributed by atoms with Crippen molar-refractivity contribution >= 4 is 29.9 Å². The highest BCUT2D eigenvalue weighted by Crippen LogP contribution is 2.49. The van der Waals surface area contributed by atoms with Crippen molar-refractivity contribution in [2.45, 2.75) is 24.1 Å². The van der Waals surface area contributed by atoms with E-state index in [0.29, 0.717) is 23.9 Å². The molecule has 0 radical (unpaired) electrons. The molecule has 0 aliphatic heterocycles. The van der Waals surface area contributed by atoms with Crippen LogP contribution in [0.15, 0.2) is 35.1 Å². The minimum atomic E-state index is -0.557. The number of nitriles is 2. The largest absolute Gasteiger partial charge is 0.476 e. The van der Waals surface area contributed by atoms with E-state index >= 15 is 0 Å². The van der Waals surface area contributed by atoms with Crippen LogP contribution in [0.2, 0.25) is 0 Å². The Morgan fingerprint density at radius 2 is 2.03 bits per heavy atom. The minimum absolute atomic E-state index is 0.0284. The standard InChI is InChI=1S/C24H27N7O3S/c1-30(10-9-25)35-24(7-8-24)15-34-21(28)20-18(13-27)11-19(23(33)31(20)2)22(32)29-14-17-5-3-16(12-26)4-6-17/h3-6,11,13H,7-8,10,14-15,27-28H2,1-2H3,(H,29,32)/b18-13-,21-20-. The quantitative estimate of drug-likeness (QED) is 0.310. The van der Waals surface area contributed by atoms with Crippen LogP contribution in [-0.2, 0) is 18.3 Å².